The molecule has 0 aromatic carbocycles. The molecule has 1 unspecified atom stereocenters. The molecule has 0 radical (unpaired) electrons. The molecule has 1 heterocycles. The quantitative estimate of drug-likeness (QED) is 0.0690. The number of amides is 1. The summed E-state index contributed by atoms with van der Waals surface area (Å²) >= 11 is 0. The fourth-order valence-corrected chi connectivity index (χ4v) is 4.76. The van der Waals surface area contributed by atoms with Crippen LogP contribution >= 0.6 is 0 Å². The zero-order valence-electron chi connectivity index (χ0n) is 27.3. The molecule has 0 aromatic heterocycles. The number of nitrogens with two attached hydrogens (primary N) is 1. The number of carbonyl (C=O) groups excluding carboxylic acids is 1. The van der Waals surface area contributed by atoms with E-state index in [0.717, 1.165) is 0 Å². The van der Waals surface area contributed by atoms with Crippen molar-refractivity contribution in [3.8, 4) is 0 Å². The Kier molecular flexibility index (Phi) is 24.0. The molecule has 0 aromatic rings. The van der Waals surface area contributed by atoms with Crippen LogP contribution in [0.15, 0.2) is 0 Å². The molecule has 0 saturated carbocycles. The molecule has 17 nitrogen and oxygen atoms in total. The highest BCUT2D eigenvalue weighted by atomic mass is 16.6. The van der Waals surface area contributed by atoms with Crippen LogP contribution in [0.4, 0.5) is 0 Å². The van der Waals surface area contributed by atoms with Crippen molar-refractivity contribution in [1.82, 2.24) is 24.9 Å². The predicted molar refractivity (Wildman–Crippen MR) is 168 cm³/mol. The van der Waals surface area contributed by atoms with Crippen LogP contribution in [0.2, 0.25) is 0 Å². The van der Waals surface area contributed by atoms with Gasteiger partial charge in [0.1, 0.15) is 0 Å². The van der Waals surface area contributed by atoms with Crippen LogP contribution in [-0.4, -0.2) is 203 Å². The minimum Gasteiger partial charge on any atom is -0.480 e. The average molecular weight is 665 g/mol. The first-order valence-electron chi connectivity index (χ1n) is 15.9. The Morgan fingerprint density at radius 2 is 1.00 bits per heavy atom. The summed E-state index contributed by atoms with van der Waals surface area (Å²) in [6.45, 7) is 9.19. The fourth-order valence-electron chi connectivity index (χ4n) is 4.76. The molecule has 1 saturated heterocycles. The number of ether oxygens (including phenoxy) is 4. The third-order valence-electron chi connectivity index (χ3n) is 7.31. The molecular formula is C29H56N6O11. The molecule has 1 amide bonds. The Morgan fingerprint density at radius 3 is 1.39 bits per heavy atom. The van der Waals surface area contributed by atoms with Crippen molar-refractivity contribution < 1.29 is 53.4 Å². The first-order valence-corrected chi connectivity index (χ1v) is 15.9. The van der Waals surface area contributed by atoms with Gasteiger partial charge in [-0.15, -0.1) is 0 Å². The highest BCUT2D eigenvalue weighted by molar-refractivity contribution is 5.75. The first-order chi connectivity index (χ1) is 22.1. The lowest BCUT2D eigenvalue weighted by atomic mass is 10.1. The van der Waals surface area contributed by atoms with E-state index in [1.165, 1.54) is 0 Å². The lowest BCUT2D eigenvalue weighted by molar-refractivity contribution is -0.140. The SMILES string of the molecule is CC(CCC(=O)NCCOCCOCCOCCOCCN)N1CCN(CC(=O)O)CCN(CC(=O)O)CCN(CC(=O)O)CC1. The second kappa shape index (κ2) is 26.6. The smallest absolute Gasteiger partial charge is 0.317 e. The Bertz CT molecular complexity index is 824. The number of carbonyl (C=O) groups is 4. The van der Waals surface area contributed by atoms with E-state index < -0.39 is 17.9 Å². The monoisotopic (exact) mass is 664 g/mol. The molecule has 46 heavy (non-hydrogen) atoms. The van der Waals surface area contributed by atoms with E-state index in [1.807, 2.05) is 6.92 Å². The van der Waals surface area contributed by atoms with Gasteiger partial charge in [-0.05, 0) is 13.3 Å². The van der Waals surface area contributed by atoms with Crippen LogP contribution in [-0.2, 0) is 38.1 Å². The summed E-state index contributed by atoms with van der Waals surface area (Å²) < 4.78 is 21.5. The van der Waals surface area contributed by atoms with Gasteiger partial charge in [-0.2, -0.15) is 0 Å². The van der Waals surface area contributed by atoms with Crippen LogP contribution in [0.5, 0.6) is 0 Å². The van der Waals surface area contributed by atoms with Gasteiger partial charge in [-0.3, -0.25) is 38.8 Å². The van der Waals surface area contributed by atoms with E-state index in [4.69, 9.17) is 24.7 Å². The third kappa shape index (κ3) is 22.9. The van der Waals surface area contributed by atoms with E-state index in [1.54, 1.807) is 14.7 Å². The van der Waals surface area contributed by atoms with Gasteiger partial charge in [-0.25, -0.2) is 0 Å². The van der Waals surface area contributed by atoms with Gasteiger partial charge >= 0.3 is 17.9 Å². The molecule has 0 spiro atoms. The number of nitrogens with zero attached hydrogens (tertiary/aromatic N) is 4. The Labute approximate surface area is 271 Å². The lowest BCUT2D eigenvalue weighted by Crippen LogP contribution is -2.50. The summed E-state index contributed by atoms with van der Waals surface area (Å²) in [6, 6.07) is -0.0219. The van der Waals surface area contributed by atoms with E-state index in [9.17, 15) is 34.5 Å². The van der Waals surface area contributed by atoms with Crippen LogP contribution in [0.1, 0.15) is 19.8 Å². The highest BCUT2D eigenvalue weighted by Gasteiger charge is 2.22. The van der Waals surface area contributed by atoms with Crippen molar-refractivity contribution in [1.29, 1.82) is 0 Å². The van der Waals surface area contributed by atoms with Gasteiger partial charge in [0.2, 0.25) is 5.91 Å². The summed E-state index contributed by atoms with van der Waals surface area (Å²) in [7, 11) is 0. The molecule has 1 rings (SSSR count). The van der Waals surface area contributed by atoms with Crippen LogP contribution < -0.4 is 11.1 Å². The maximum atomic E-state index is 12.5. The number of carboxylic acids is 3. The number of nitrogens with one attached hydrogen (secondary N) is 1. The number of carboxylic acid groups (broad SMARTS) is 3. The second-order valence-electron chi connectivity index (χ2n) is 11.0. The number of hydrogen-bond acceptors (Lipinski definition) is 13. The van der Waals surface area contributed by atoms with Gasteiger partial charge in [0.15, 0.2) is 0 Å². The summed E-state index contributed by atoms with van der Waals surface area (Å²) in [6.07, 6.45) is 0.853. The molecule has 1 fully saturated rings. The van der Waals surface area contributed by atoms with Crippen molar-refractivity contribution in [3.05, 3.63) is 0 Å². The second-order valence-corrected chi connectivity index (χ2v) is 11.0. The molecule has 1 aliphatic rings. The highest BCUT2D eigenvalue weighted by Crippen LogP contribution is 2.09. The molecular weight excluding hydrogens is 608 g/mol. The maximum Gasteiger partial charge on any atom is 0.317 e. The zero-order chi connectivity index (χ0) is 34.0. The summed E-state index contributed by atoms with van der Waals surface area (Å²) in [4.78, 5) is 54.2. The average Bonchev–Trinajstić information content (AvgIpc) is 2.99. The minimum absolute atomic E-state index is 0.0219. The number of rotatable bonds is 24. The molecule has 0 aliphatic carbocycles. The zero-order valence-corrected chi connectivity index (χ0v) is 27.3. The van der Waals surface area contributed by atoms with Crippen molar-refractivity contribution in [2.45, 2.75) is 25.8 Å². The van der Waals surface area contributed by atoms with E-state index in [2.05, 4.69) is 10.2 Å². The normalized spacial score (nSPS) is 17.2. The van der Waals surface area contributed by atoms with Crippen LogP contribution in [0.3, 0.4) is 0 Å². The number of aliphatic carboxylic acids is 3. The minimum atomic E-state index is -0.998. The molecule has 1 atom stereocenters. The first kappa shape index (κ1) is 41.5. The van der Waals surface area contributed by atoms with E-state index in [-0.39, 0.29) is 31.6 Å². The lowest BCUT2D eigenvalue weighted by Gasteiger charge is -2.35. The van der Waals surface area contributed by atoms with E-state index in [0.29, 0.717) is 131 Å². The van der Waals surface area contributed by atoms with Crippen molar-refractivity contribution >= 4 is 23.8 Å². The predicted octanol–water partition coefficient (Wildman–Crippen LogP) is -2.23. The fraction of sp³-hybridized carbons (Fsp3) is 0.862. The summed E-state index contributed by atoms with van der Waals surface area (Å²) in [5.74, 6) is -3.04. The van der Waals surface area contributed by atoms with Crippen molar-refractivity contribution in [3.63, 3.8) is 0 Å². The molecule has 0 bridgehead atoms. The van der Waals surface area contributed by atoms with Gasteiger partial charge in [0, 0.05) is 77.9 Å². The van der Waals surface area contributed by atoms with Crippen LogP contribution in [0.25, 0.3) is 0 Å². The number of hydrogen-bond donors (Lipinski definition) is 5. The Morgan fingerprint density at radius 1 is 0.630 bits per heavy atom. The largest absolute Gasteiger partial charge is 0.480 e. The van der Waals surface area contributed by atoms with Crippen molar-refractivity contribution in [2.75, 3.05) is 138 Å². The Hall–Kier alpha value is -2.48. The van der Waals surface area contributed by atoms with E-state index >= 15 is 0 Å². The van der Waals surface area contributed by atoms with Gasteiger partial charge in [0.05, 0.1) is 72.5 Å². The Balaban J connectivity index is 2.46. The van der Waals surface area contributed by atoms with Gasteiger partial charge in [-0.1, -0.05) is 0 Å². The molecule has 1 aliphatic heterocycles. The standard InChI is InChI=1S/C29H56N6O11/c1-25(2-3-26(36)31-5-15-44-17-19-46-21-20-45-18-16-43-14-4-30)35-12-10-33(23-28(39)40)8-6-32(22-27(37)38)7-9-34(11-13-35)24-29(41)42/h25H,2-24,30H2,1H3,(H,31,36)(H,37,38)(H,39,40)(H,41,42). The molecule has 268 valence electrons. The maximum absolute atomic E-state index is 12.5. The van der Waals surface area contributed by atoms with Gasteiger partial charge < -0.3 is 45.3 Å². The molecule has 17 heteroatoms. The van der Waals surface area contributed by atoms with Crippen LogP contribution in [0, 0.1) is 0 Å². The summed E-state index contributed by atoms with van der Waals surface area (Å²) in [5, 5.41) is 31.0. The summed E-state index contributed by atoms with van der Waals surface area (Å²) in [5.41, 5.74) is 5.33. The third-order valence-corrected chi connectivity index (χ3v) is 7.31. The van der Waals surface area contributed by atoms with Crippen molar-refractivity contribution in [2.24, 2.45) is 5.73 Å². The van der Waals surface area contributed by atoms with Gasteiger partial charge in [0.25, 0.3) is 0 Å². The topological polar surface area (TPSA) is 217 Å². The molecule has 6 N–H and O–H groups in total.